The molecule has 0 aliphatic carbocycles. The smallest absolute Gasteiger partial charge is 0.256 e. The van der Waals surface area contributed by atoms with Gasteiger partial charge in [0.05, 0.1) is 17.2 Å². The van der Waals surface area contributed by atoms with Crippen LogP contribution in [0.3, 0.4) is 0 Å². The van der Waals surface area contributed by atoms with E-state index in [-0.39, 0.29) is 24.3 Å². The molecule has 0 aromatic heterocycles. The minimum atomic E-state index is -0.978. The summed E-state index contributed by atoms with van der Waals surface area (Å²) in [5, 5.41) is 3.37. The second-order valence-corrected chi connectivity index (χ2v) is 10.2. The summed E-state index contributed by atoms with van der Waals surface area (Å²) in [7, 11) is 0. The maximum Gasteiger partial charge on any atom is 0.256 e. The highest BCUT2D eigenvalue weighted by Gasteiger charge is 2.54. The van der Waals surface area contributed by atoms with Crippen LogP contribution in [0.2, 0.25) is 5.02 Å². The number of benzene rings is 3. The highest BCUT2D eigenvalue weighted by atomic mass is 35.5. The number of halogens is 1. The minimum Gasteiger partial charge on any atom is -0.353 e. The molecule has 2 saturated heterocycles. The summed E-state index contributed by atoms with van der Waals surface area (Å²) >= 11 is 6.26. The molecule has 3 aromatic carbocycles. The summed E-state index contributed by atoms with van der Waals surface area (Å²) in [5.41, 5.74) is 1.97. The van der Waals surface area contributed by atoms with E-state index in [4.69, 9.17) is 16.3 Å². The standard InChI is InChI=1S/C30H30ClN3O4/c1-21-11-13-23(14-12-21)28(36)34-26(27(35)32-19-22-7-3-2-4-8-22)20-38-30(34)15-17-33(18-16-30)29(37)24-9-5-6-10-25(24)31/h2-14,26H,15-20H2,1H3,(H,32,35). The zero-order valence-electron chi connectivity index (χ0n) is 21.2. The highest BCUT2D eigenvalue weighted by molar-refractivity contribution is 6.33. The third-order valence-electron chi connectivity index (χ3n) is 7.33. The lowest BCUT2D eigenvalue weighted by Crippen LogP contribution is -2.59. The monoisotopic (exact) mass is 531 g/mol. The molecule has 7 nitrogen and oxygen atoms in total. The normalized spacial score (nSPS) is 18.4. The zero-order valence-corrected chi connectivity index (χ0v) is 22.0. The molecule has 196 valence electrons. The Kier molecular flexibility index (Phi) is 7.49. The van der Waals surface area contributed by atoms with Crippen LogP contribution in [0.1, 0.15) is 44.7 Å². The van der Waals surface area contributed by atoms with E-state index in [1.165, 1.54) is 0 Å². The van der Waals surface area contributed by atoms with Crippen molar-refractivity contribution in [3.05, 3.63) is 106 Å². The second kappa shape index (κ2) is 11.0. The Morgan fingerprint density at radius 2 is 1.58 bits per heavy atom. The van der Waals surface area contributed by atoms with Crippen LogP contribution in [0.4, 0.5) is 0 Å². The third-order valence-corrected chi connectivity index (χ3v) is 7.66. The average Bonchev–Trinajstić information content (AvgIpc) is 3.31. The van der Waals surface area contributed by atoms with Crippen molar-refractivity contribution in [1.82, 2.24) is 15.1 Å². The van der Waals surface area contributed by atoms with Crippen LogP contribution < -0.4 is 5.32 Å². The molecule has 2 fully saturated rings. The summed E-state index contributed by atoms with van der Waals surface area (Å²) in [6, 6.07) is 23.1. The van der Waals surface area contributed by atoms with Crippen LogP contribution >= 0.6 is 11.6 Å². The Morgan fingerprint density at radius 1 is 0.921 bits per heavy atom. The molecule has 3 aromatic rings. The van der Waals surface area contributed by atoms with Crippen molar-refractivity contribution in [3.63, 3.8) is 0 Å². The van der Waals surface area contributed by atoms with Gasteiger partial charge in [-0.1, -0.05) is 71.8 Å². The maximum absolute atomic E-state index is 13.9. The van der Waals surface area contributed by atoms with Gasteiger partial charge in [-0.3, -0.25) is 19.3 Å². The van der Waals surface area contributed by atoms with E-state index in [1.54, 1.807) is 46.2 Å². The Balaban J connectivity index is 1.37. The van der Waals surface area contributed by atoms with Gasteiger partial charge in [0.1, 0.15) is 11.8 Å². The molecule has 1 N–H and O–H groups in total. The van der Waals surface area contributed by atoms with Crippen LogP contribution in [-0.4, -0.2) is 59.0 Å². The summed E-state index contributed by atoms with van der Waals surface area (Å²) < 4.78 is 6.28. The largest absolute Gasteiger partial charge is 0.353 e. The van der Waals surface area contributed by atoms with E-state index < -0.39 is 11.8 Å². The Bertz CT molecular complexity index is 1320. The van der Waals surface area contributed by atoms with Gasteiger partial charge in [0, 0.05) is 38.0 Å². The van der Waals surface area contributed by atoms with E-state index >= 15 is 0 Å². The fourth-order valence-electron chi connectivity index (χ4n) is 5.17. The molecule has 1 atom stereocenters. The first-order chi connectivity index (χ1) is 18.4. The number of ether oxygens (including phenoxy) is 1. The molecule has 38 heavy (non-hydrogen) atoms. The third kappa shape index (κ3) is 5.17. The number of nitrogens with zero attached hydrogens (tertiary/aromatic N) is 2. The molecule has 8 heteroatoms. The van der Waals surface area contributed by atoms with Crippen molar-refractivity contribution in [2.45, 2.75) is 38.1 Å². The van der Waals surface area contributed by atoms with E-state index in [0.717, 1.165) is 11.1 Å². The van der Waals surface area contributed by atoms with Gasteiger partial charge in [-0.15, -0.1) is 0 Å². The molecule has 5 rings (SSSR count). The molecular formula is C30H30ClN3O4. The van der Waals surface area contributed by atoms with Crippen molar-refractivity contribution in [3.8, 4) is 0 Å². The number of amides is 3. The maximum atomic E-state index is 13.9. The van der Waals surface area contributed by atoms with Gasteiger partial charge < -0.3 is 15.0 Å². The first kappa shape index (κ1) is 25.9. The highest BCUT2D eigenvalue weighted by Crippen LogP contribution is 2.39. The summed E-state index contributed by atoms with van der Waals surface area (Å²) in [6.07, 6.45) is 0.784. The predicted molar refractivity (Wildman–Crippen MR) is 145 cm³/mol. The molecule has 0 saturated carbocycles. The lowest BCUT2D eigenvalue weighted by Gasteiger charge is -2.44. The number of carbonyl (C=O) groups is 3. The molecule has 1 unspecified atom stereocenters. The number of hydrogen-bond donors (Lipinski definition) is 1. The van der Waals surface area contributed by atoms with Gasteiger partial charge in [-0.25, -0.2) is 0 Å². The van der Waals surface area contributed by atoms with E-state index in [1.807, 2.05) is 49.4 Å². The number of hydrogen-bond acceptors (Lipinski definition) is 4. The SMILES string of the molecule is Cc1ccc(C(=O)N2C(C(=O)NCc3ccccc3)COC23CCN(C(=O)c2ccccc2Cl)CC3)cc1. The molecule has 2 aliphatic heterocycles. The lowest BCUT2D eigenvalue weighted by molar-refractivity contribution is -0.128. The fraction of sp³-hybridized carbons (Fsp3) is 0.300. The Morgan fingerprint density at radius 3 is 2.26 bits per heavy atom. The number of aryl methyl sites for hydroxylation is 1. The van der Waals surface area contributed by atoms with Crippen molar-refractivity contribution >= 4 is 29.3 Å². The van der Waals surface area contributed by atoms with Crippen LogP contribution in [0, 0.1) is 6.92 Å². The van der Waals surface area contributed by atoms with E-state index in [2.05, 4.69) is 5.32 Å². The topological polar surface area (TPSA) is 79.0 Å². The van der Waals surface area contributed by atoms with Gasteiger partial charge in [-0.05, 0) is 36.8 Å². The second-order valence-electron chi connectivity index (χ2n) is 9.79. The molecule has 0 bridgehead atoms. The van der Waals surface area contributed by atoms with Gasteiger partial charge in [-0.2, -0.15) is 0 Å². The van der Waals surface area contributed by atoms with E-state index in [0.29, 0.717) is 48.6 Å². The lowest BCUT2D eigenvalue weighted by atomic mass is 9.96. The molecule has 0 radical (unpaired) electrons. The Labute approximate surface area is 227 Å². The molecule has 2 heterocycles. The fourth-order valence-corrected chi connectivity index (χ4v) is 5.39. The number of rotatable bonds is 5. The van der Waals surface area contributed by atoms with Crippen molar-refractivity contribution in [2.75, 3.05) is 19.7 Å². The van der Waals surface area contributed by atoms with E-state index in [9.17, 15) is 14.4 Å². The van der Waals surface area contributed by atoms with Crippen molar-refractivity contribution in [2.24, 2.45) is 0 Å². The minimum absolute atomic E-state index is 0.0939. The van der Waals surface area contributed by atoms with Gasteiger partial charge in [0.25, 0.3) is 11.8 Å². The van der Waals surface area contributed by atoms with Crippen LogP contribution in [0.5, 0.6) is 0 Å². The molecule has 1 spiro atoms. The zero-order chi connectivity index (χ0) is 26.7. The van der Waals surface area contributed by atoms with Crippen molar-refractivity contribution < 1.29 is 19.1 Å². The molecular weight excluding hydrogens is 502 g/mol. The van der Waals surface area contributed by atoms with Crippen molar-refractivity contribution in [1.29, 1.82) is 0 Å². The summed E-state index contributed by atoms with van der Waals surface area (Å²) in [5.74, 6) is -0.675. The summed E-state index contributed by atoms with van der Waals surface area (Å²) in [4.78, 5) is 43.7. The molecule has 2 aliphatic rings. The first-order valence-electron chi connectivity index (χ1n) is 12.8. The van der Waals surface area contributed by atoms with Gasteiger partial charge >= 0.3 is 0 Å². The number of likely N-dealkylation sites (tertiary alicyclic amines) is 1. The average molecular weight is 532 g/mol. The van der Waals surface area contributed by atoms with Crippen LogP contribution in [0.25, 0.3) is 0 Å². The predicted octanol–water partition coefficient (Wildman–Crippen LogP) is 4.44. The van der Waals surface area contributed by atoms with Crippen LogP contribution in [0.15, 0.2) is 78.9 Å². The van der Waals surface area contributed by atoms with Crippen LogP contribution in [-0.2, 0) is 16.1 Å². The first-order valence-corrected chi connectivity index (χ1v) is 13.2. The quantitative estimate of drug-likeness (QED) is 0.528. The van der Waals surface area contributed by atoms with Gasteiger partial charge in [0.2, 0.25) is 5.91 Å². The number of piperidine rings is 1. The number of nitrogens with one attached hydrogen (secondary N) is 1. The summed E-state index contributed by atoms with van der Waals surface area (Å²) in [6.45, 7) is 3.16. The van der Waals surface area contributed by atoms with Gasteiger partial charge in [0.15, 0.2) is 0 Å². The number of carbonyl (C=O) groups excluding carboxylic acids is 3. The molecule has 3 amide bonds. The Hall–Kier alpha value is -3.68.